The van der Waals surface area contributed by atoms with E-state index in [1.807, 2.05) is 78.9 Å². The van der Waals surface area contributed by atoms with Gasteiger partial charge in [0.2, 0.25) is 17.8 Å². The lowest BCUT2D eigenvalue weighted by atomic mass is 9.84. The van der Waals surface area contributed by atoms with Crippen LogP contribution in [0.2, 0.25) is 0 Å². The molecule has 1 saturated carbocycles. The molecule has 0 radical (unpaired) electrons. The first-order valence-corrected chi connectivity index (χ1v) is 19.4. The Morgan fingerprint density at radius 2 is 1.41 bits per heavy atom. The van der Waals surface area contributed by atoms with E-state index in [9.17, 15) is 29.1 Å². The Bertz CT molecular complexity index is 1780. The topological polar surface area (TPSA) is 188 Å². The van der Waals surface area contributed by atoms with Crippen molar-refractivity contribution in [3.05, 3.63) is 102 Å². The first kappa shape index (κ1) is 41.4. The number of guanidine groups is 1. The van der Waals surface area contributed by atoms with Crippen LogP contribution in [0.3, 0.4) is 0 Å². The molecule has 1 heterocycles. The molecule has 1 atom stereocenters. The van der Waals surface area contributed by atoms with Gasteiger partial charge < -0.3 is 30.1 Å². The van der Waals surface area contributed by atoms with Crippen LogP contribution >= 0.6 is 0 Å². The number of hydrogen-bond acceptors (Lipinski definition) is 8. The number of hydrogen-bond donors (Lipinski definition) is 5. The smallest absolute Gasteiger partial charge is 0.437 e. The number of anilines is 1. The van der Waals surface area contributed by atoms with E-state index in [4.69, 9.17) is 9.47 Å². The second-order valence-electron chi connectivity index (χ2n) is 14.2. The minimum Gasteiger partial charge on any atom is -0.480 e. The molecule has 14 heteroatoms. The van der Waals surface area contributed by atoms with E-state index in [-0.39, 0.29) is 50.0 Å². The van der Waals surface area contributed by atoms with Crippen LogP contribution in [0, 0.1) is 5.92 Å². The van der Waals surface area contributed by atoms with E-state index in [0.29, 0.717) is 50.4 Å². The van der Waals surface area contributed by atoms with Gasteiger partial charge in [0.1, 0.15) is 13.2 Å². The number of nitrogens with zero attached hydrogens (tertiary/aromatic N) is 2. The molecule has 1 aliphatic carbocycles. The van der Waals surface area contributed by atoms with Gasteiger partial charge >= 0.3 is 18.2 Å². The Kier molecular flexibility index (Phi) is 16.2. The first-order chi connectivity index (χ1) is 27.2. The zero-order valence-corrected chi connectivity index (χ0v) is 31.6. The summed E-state index contributed by atoms with van der Waals surface area (Å²) in [5, 5.41) is 20.9. The largest absolute Gasteiger partial charge is 0.480 e. The highest BCUT2D eigenvalue weighted by Crippen LogP contribution is 2.28. The lowest BCUT2D eigenvalue weighted by Gasteiger charge is -2.34. The van der Waals surface area contributed by atoms with E-state index in [2.05, 4.69) is 26.3 Å². The molecule has 1 saturated heterocycles. The van der Waals surface area contributed by atoms with Crippen LogP contribution in [0.15, 0.2) is 89.9 Å². The van der Waals surface area contributed by atoms with Gasteiger partial charge in [-0.25, -0.2) is 9.59 Å². The van der Waals surface area contributed by atoms with E-state index in [0.717, 1.165) is 42.4 Å². The third-order valence-electron chi connectivity index (χ3n) is 10.00. The molecule has 0 spiro atoms. The summed E-state index contributed by atoms with van der Waals surface area (Å²) in [4.78, 5) is 69.2. The Labute approximate surface area is 327 Å². The molecule has 5 rings (SSSR count). The fourth-order valence-corrected chi connectivity index (χ4v) is 6.98. The average Bonchev–Trinajstić information content (AvgIpc) is 3.21. The van der Waals surface area contributed by atoms with Crippen LogP contribution < -0.4 is 21.3 Å². The number of para-hydroxylation sites is 1. The number of carboxylic acid groups (broad SMARTS) is 1. The number of amides is 4. The highest BCUT2D eigenvalue weighted by Gasteiger charge is 2.27. The number of alkyl carbamates (subject to hydrolysis) is 1. The number of ether oxygens (including phenoxy) is 2. The summed E-state index contributed by atoms with van der Waals surface area (Å²) in [7, 11) is 0. The van der Waals surface area contributed by atoms with Gasteiger partial charge in [0.25, 0.3) is 0 Å². The number of carboxylic acids is 1. The molecule has 2 fully saturated rings. The molecule has 3 aromatic carbocycles. The minimum absolute atomic E-state index is 0.00342. The summed E-state index contributed by atoms with van der Waals surface area (Å²) in [5.41, 5.74) is 2.98. The molecule has 3 aromatic rings. The fourth-order valence-electron chi connectivity index (χ4n) is 6.98. The zero-order valence-electron chi connectivity index (χ0n) is 31.6. The lowest BCUT2D eigenvalue weighted by molar-refractivity contribution is -0.136. The van der Waals surface area contributed by atoms with E-state index >= 15 is 0 Å². The van der Waals surface area contributed by atoms with Crippen molar-refractivity contribution < 1.29 is 38.6 Å². The van der Waals surface area contributed by atoms with Crippen molar-refractivity contribution in [1.29, 1.82) is 0 Å². The monoisotopic (exact) mass is 768 g/mol. The molecule has 2 aliphatic rings. The van der Waals surface area contributed by atoms with Crippen molar-refractivity contribution in [3.63, 3.8) is 0 Å². The van der Waals surface area contributed by atoms with Gasteiger partial charge in [0, 0.05) is 31.2 Å². The van der Waals surface area contributed by atoms with Crippen molar-refractivity contribution in [2.75, 3.05) is 25.0 Å². The normalized spacial score (nSPS) is 15.6. The van der Waals surface area contributed by atoms with Crippen LogP contribution in [0.1, 0.15) is 74.5 Å². The number of aliphatic carboxylic acids is 1. The Morgan fingerprint density at radius 1 is 0.786 bits per heavy atom. The number of carbonyl (C=O) groups excluding carboxylic acids is 4. The number of aryl methyl sites for hydroxylation is 1. The van der Waals surface area contributed by atoms with E-state index in [1.54, 1.807) is 11.0 Å². The van der Waals surface area contributed by atoms with Gasteiger partial charge in [0.05, 0.1) is 12.6 Å². The van der Waals surface area contributed by atoms with Gasteiger partial charge in [-0.05, 0) is 54.4 Å². The average molecular weight is 769 g/mol. The predicted octanol–water partition coefficient (Wildman–Crippen LogP) is 5.77. The Hall–Kier alpha value is -5.76. The van der Waals surface area contributed by atoms with E-state index < -0.39 is 24.2 Å². The summed E-state index contributed by atoms with van der Waals surface area (Å²) in [6.07, 6.45) is 6.05. The molecule has 56 heavy (non-hydrogen) atoms. The Morgan fingerprint density at radius 3 is 2.07 bits per heavy atom. The summed E-state index contributed by atoms with van der Waals surface area (Å²) in [6.45, 7) is 0.529. The molecule has 298 valence electrons. The number of piperidine rings is 1. The van der Waals surface area contributed by atoms with E-state index in [1.165, 1.54) is 6.42 Å². The van der Waals surface area contributed by atoms with Gasteiger partial charge in [-0.15, -0.1) is 4.99 Å². The SMILES string of the molecule is O=C(O)CNC(CC1CCCCC1)C(=O)Nc1ccccc1CCC(=O)NC1CCN(C(=NC(=O)OCc2ccccc2)NC(=O)OCc2ccccc2)CC1. The summed E-state index contributed by atoms with van der Waals surface area (Å²) < 4.78 is 10.7. The van der Waals surface area contributed by atoms with Crippen LogP contribution in [0.4, 0.5) is 15.3 Å². The zero-order chi connectivity index (χ0) is 39.5. The number of carbonyl (C=O) groups is 5. The van der Waals surface area contributed by atoms with Gasteiger partial charge in [-0.1, -0.05) is 111 Å². The van der Waals surface area contributed by atoms with Crippen LogP contribution in [-0.2, 0) is 43.5 Å². The van der Waals surface area contributed by atoms with Crippen LogP contribution in [0.5, 0.6) is 0 Å². The number of nitrogens with one attached hydrogen (secondary N) is 4. The number of aliphatic imine (C=N–C) groups is 1. The molecule has 0 aromatic heterocycles. The molecule has 4 amide bonds. The lowest BCUT2D eigenvalue weighted by Crippen LogP contribution is -2.51. The standard InChI is InChI=1S/C42H52N6O8/c49-37(21-20-33-18-10-11-19-35(33)45-39(52)36(43-27-38(50)51)26-30-12-4-1-5-13-30)44-34-22-24-48(25-23-34)40(46-41(53)55-28-31-14-6-2-7-15-31)47-42(54)56-29-32-16-8-3-9-17-32/h2-3,6-11,14-19,30,34,36,43H,1,4-5,12-13,20-29H2,(H,44,49)(H,45,52)(H,50,51)(H,46,47,53,54). The van der Waals surface area contributed by atoms with Crippen molar-refractivity contribution in [3.8, 4) is 0 Å². The molecular formula is C42H52N6O8. The van der Waals surface area contributed by atoms with Crippen molar-refractivity contribution >= 4 is 41.6 Å². The third-order valence-corrected chi connectivity index (χ3v) is 10.00. The molecule has 5 N–H and O–H groups in total. The molecule has 1 unspecified atom stereocenters. The van der Waals surface area contributed by atoms with Gasteiger partial charge in [-0.2, -0.15) is 0 Å². The quantitative estimate of drug-likeness (QED) is 0.0939. The highest BCUT2D eigenvalue weighted by atomic mass is 16.6. The molecule has 1 aliphatic heterocycles. The Balaban J connectivity index is 1.12. The second kappa shape index (κ2) is 22.0. The summed E-state index contributed by atoms with van der Waals surface area (Å²) >= 11 is 0. The minimum atomic E-state index is -1.02. The van der Waals surface area contributed by atoms with Crippen molar-refractivity contribution in [2.45, 2.75) is 89.5 Å². The van der Waals surface area contributed by atoms with Crippen LogP contribution in [0.25, 0.3) is 0 Å². The maximum atomic E-state index is 13.4. The second-order valence-corrected chi connectivity index (χ2v) is 14.2. The van der Waals surface area contributed by atoms with Crippen LogP contribution in [-0.4, -0.2) is 77.7 Å². The maximum Gasteiger partial charge on any atom is 0.437 e. The fraction of sp³-hybridized carbons (Fsp3) is 0.429. The molecular weight excluding hydrogens is 716 g/mol. The van der Waals surface area contributed by atoms with Crippen molar-refractivity contribution in [2.24, 2.45) is 10.9 Å². The maximum absolute atomic E-state index is 13.4. The first-order valence-electron chi connectivity index (χ1n) is 19.4. The number of likely N-dealkylation sites (tertiary alicyclic amines) is 1. The molecule has 0 bridgehead atoms. The van der Waals surface area contributed by atoms with Gasteiger partial charge in [0.15, 0.2) is 0 Å². The predicted molar refractivity (Wildman–Crippen MR) is 211 cm³/mol. The number of benzene rings is 3. The molecule has 14 nitrogen and oxygen atoms in total. The third kappa shape index (κ3) is 14.1. The summed E-state index contributed by atoms with van der Waals surface area (Å²) in [6, 6.07) is 24.9. The van der Waals surface area contributed by atoms with Crippen molar-refractivity contribution in [1.82, 2.24) is 20.9 Å². The van der Waals surface area contributed by atoms with Gasteiger partial charge in [-0.3, -0.25) is 25.0 Å². The summed E-state index contributed by atoms with van der Waals surface area (Å²) in [5.74, 6) is -1.09. The highest BCUT2D eigenvalue weighted by molar-refractivity contribution is 5.99. The number of rotatable bonds is 15.